The minimum absolute atomic E-state index is 0.0779. The second-order valence-corrected chi connectivity index (χ2v) is 7.70. The zero-order valence-electron chi connectivity index (χ0n) is 16.3. The Labute approximate surface area is 175 Å². The van der Waals surface area contributed by atoms with Gasteiger partial charge in [0.25, 0.3) is 0 Å². The minimum atomic E-state index is -0.560. The summed E-state index contributed by atoms with van der Waals surface area (Å²) in [5, 5.41) is 3.31. The SMILES string of the molecule is CNC(=O)C(C)N(Cc1ccc(OC)cc1)C(=O)CSCc1ccc(Cl)cc1. The molecule has 0 aromatic heterocycles. The molecule has 2 aromatic rings. The molecule has 1 N–H and O–H groups in total. The lowest BCUT2D eigenvalue weighted by Gasteiger charge is -2.28. The van der Waals surface area contributed by atoms with Crippen LogP contribution in [-0.2, 0) is 21.9 Å². The van der Waals surface area contributed by atoms with Crippen molar-refractivity contribution in [3.05, 3.63) is 64.7 Å². The maximum absolute atomic E-state index is 12.9. The van der Waals surface area contributed by atoms with E-state index < -0.39 is 6.04 Å². The summed E-state index contributed by atoms with van der Waals surface area (Å²) in [7, 11) is 3.18. The molecule has 28 heavy (non-hydrogen) atoms. The third-order valence-corrected chi connectivity index (χ3v) is 5.57. The number of thioether (sulfide) groups is 1. The lowest BCUT2D eigenvalue weighted by molar-refractivity contribution is -0.138. The summed E-state index contributed by atoms with van der Waals surface area (Å²) in [6.45, 7) is 2.10. The first-order valence-corrected chi connectivity index (χ1v) is 10.4. The summed E-state index contributed by atoms with van der Waals surface area (Å²) in [6.07, 6.45) is 0. The standard InChI is InChI=1S/C21H25ClN2O3S/c1-15(21(26)23-2)24(12-16-6-10-19(27-3)11-7-16)20(25)14-28-13-17-4-8-18(22)9-5-17/h4-11,15H,12-14H2,1-3H3,(H,23,26). The molecule has 0 fully saturated rings. The van der Waals surface area contributed by atoms with E-state index in [0.29, 0.717) is 23.1 Å². The first kappa shape index (κ1) is 22.1. The van der Waals surface area contributed by atoms with Gasteiger partial charge in [-0.2, -0.15) is 0 Å². The smallest absolute Gasteiger partial charge is 0.242 e. The number of nitrogens with one attached hydrogen (secondary N) is 1. The predicted octanol–water partition coefficient (Wildman–Crippen LogP) is 3.75. The van der Waals surface area contributed by atoms with E-state index in [1.54, 1.807) is 26.0 Å². The van der Waals surface area contributed by atoms with Crippen molar-refractivity contribution in [2.45, 2.75) is 25.3 Å². The second kappa shape index (κ2) is 11.0. The van der Waals surface area contributed by atoms with Gasteiger partial charge in [0.15, 0.2) is 0 Å². The number of amides is 2. The normalized spacial score (nSPS) is 11.6. The van der Waals surface area contributed by atoms with Crippen LogP contribution >= 0.6 is 23.4 Å². The van der Waals surface area contributed by atoms with Crippen molar-refractivity contribution in [2.75, 3.05) is 19.9 Å². The Hall–Kier alpha value is -2.18. The van der Waals surface area contributed by atoms with Gasteiger partial charge in [0, 0.05) is 24.4 Å². The molecule has 0 heterocycles. The molecule has 0 radical (unpaired) electrons. The number of nitrogens with zero attached hydrogens (tertiary/aromatic N) is 1. The van der Waals surface area contributed by atoms with Crippen LogP contribution in [0.25, 0.3) is 0 Å². The molecular weight excluding hydrogens is 396 g/mol. The van der Waals surface area contributed by atoms with Crippen molar-refractivity contribution in [1.82, 2.24) is 10.2 Å². The molecule has 0 aliphatic heterocycles. The number of likely N-dealkylation sites (N-methyl/N-ethyl adjacent to an activating group) is 1. The van der Waals surface area contributed by atoms with Crippen molar-refractivity contribution in [2.24, 2.45) is 0 Å². The number of benzene rings is 2. The van der Waals surface area contributed by atoms with E-state index >= 15 is 0 Å². The molecule has 0 saturated carbocycles. The number of ether oxygens (including phenoxy) is 1. The fourth-order valence-electron chi connectivity index (χ4n) is 2.64. The molecule has 0 aliphatic rings. The lowest BCUT2D eigenvalue weighted by atomic mass is 10.1. The van der Waals surface area contributed by atoms with Gasteiger partial charge in [0.2, 0.25) is 11.8 Å². The highest BCUT2D eigenvalue weighted by atomic mass is 35.5. The summed E-state index contributed by atoms with van der Waals surface area (Å²) in [5.41, 5.74) is 2.04. The van der Waals surface area contributed by atoms with E-state index in [1.807, 2.05) is 48.5 Å². The highest BCUT2D eigenvalue weighted by Crippen LogP contribution is 2.19. The largest absolute Gasteiger partial charge is 0.497 e. The summed E-state index contributed by atoms with van der Waals surface area (Å²) >= 11 is 7.41. The van der Waals surface area contributed by atoms with Gasteiger partial charge >= 0.3 is 0 Å². The summed E-state index contributed by atoms with van der Waals surface area (Å²) in [5.74, 6) is 1.48. The molecule has 1 atom stereocenters. The Kier molecular flexibility index (Phi) is 8.67. The molecule has 7 heteroatoms. The van der Waals surface area contributed by atoms with E-state index in [-0.39, 0.29) is 11.8 Å². The van der Waals surface area contributed by atoms with Crippen molar-refractivity contribution >= 4 is 35.2 Å². The Morgan fingerprint density at radius 3 is 2.29 bits per heavy atom. The van der Waals surface area contributed by atoms with Crippen molar-refractivity contribution in [3.63, 3.8) is 0 Å². The number of halogens is 1. The van der Waals surface area contributed by atoms with Gasteiger partial charge in [0.05, 0.1) is 12.9 Å². The maximum atomic E-state index is 12.9. The van der Waals surface area contributed by atoms with Crippen LogP contribution in [0.1, 0.15) is 18.1 Å². The van der Waals surface area contributed by atoms with E-state index in [9.17, 15) is 9.59 Å². The van der Waals surface area contributed by atoms with E-state index in [2.05, 4.69) is 5.32 Å². The zero-order valence-corrected chi connectivity index (χ0v) is 17.8. The third-order valence-electron chi connectivity index (χ3n) is 4.33. The van der Waals surface area contributed by atoms with Gasteiger partial charge in [-0.15, -0.1) is 11.8 Å². The first-order valence-electron chi connectivity index (χ1n) is 8.90. The predicted molar refractivity (Wildman–Crippen MR) is 115 cm³/mol. The van der Waals surface area contributed by atoms with Gasteiger partial charge in [0.1, 0.15) is 11.8 Å². The summed E-state index contributed by atoms with van der Waals surface area (Å²) in [6, 6.07) is 14.5. The summed E-state index contributed by atoms with van der Waals surface area (Å²) in [4.78, 5) is 26.6. The van der Waals surface area contributed by atoms with E-state index in [1.165, 1.54) is 11.8 Å². The molecule has 150 valence electrons. The van der Waals surface area contributed by atoms with Crippen molar-refractivity contribution in [1.29, 1.82) is 0 Å². The van der Waals surface area contributed by atoms with Crippen LogP contribution in [0.15, 0.2) is 48.5 Å². The molecule has 1 unspecified atom stereocenters. The Morgan fingerprint density at radius 1 is 1.11 bits per heavy atom. The number of carbonyl (C=O) groups excluding carboxylic acids is 2. The number of rotatable bonds is 9. The van der Waals surface area contributed by atoms with Crippen LogP contribution in [0.5, 0.6) is 5.75 Å². The highest BCUT2D eigenvalue weighted by molar-refractivity contribution is 7.99. The number of hydrogen-bond donors (Lipinski definition) is 1. The second-order valence-electron chi connectivity index (χ2n) is 6.28. The van der Waals surface area contributed by atoms with Crippen LogP contribution in [0.3, 0.4) is 0 Å². The van der Waals surface area contributed by atoms with Crippen LogP contribution < -0.4 is 10.1 Å². The molecule has 0 bridgehead atoms. The molecule has 2 rings (SSSR count). The van der Waals surface area contributed by atoms with E-state index in [4.69, 9.17) is 16.3 Å². The first-order chi connectivity index (χ1) is 13.4. The molecule has 0 saturated heterocycles. The topological polar surface area (TPSA) is 58.6 Å². The molecular formula is C21H25ClN2O3S. The van der Waals surface area contributed by atoms with Gasteiger partial charge in [-0.05, 0) is 42.3 Å². The average molecular weight is 421 g/mol. The number of methoxy groups -OCH3 is 1. The molecule has 2 aromatic carbocycles. The van der Waals surface area contributed by atoms with Crippen LogP contribution in [0.4, 0.5) is 0 Å². The van der Waals surface area contributed by atoms with Crippen LogP contribution in [-0.4, -0.2) is 42.7 Å². The Bertz CT molecular complexity index is 781. The quantitative estimate of drug-likeness (QED) is 0.671. The van der Waals surface area contributed by atoms with Gasteiger partial charge in [-0.25, -0.2) is 0 Å². The summed E-state index contributed by atoms with van der Waals surface area (Å²) < 4.78 is 5.17. The number of hydrogen-bond acceptors (Lipinski definition) is 4. The maximum Gasteiger partial charge on any atom is 0.242 e. The monoisotopic (exact) mass is 420 g/mol. The highest BCUT2D eigenvalue weighted by Gasteiger charge is 2.25. The number of carbonyl (C=O) groups is 2. The Morgan fingerprint density at radius 2 is 1.71 bits per heavy atom. The molecule has 0 aliphatic carbocycles. The van der Waals surface area contributed by atoms with Crippen molar-refractivity contribution in [3.8, 4) is 5.75 Å². The molecule has 0 spiro atoms. The van der Waals surface area contributed by atoms with Gasteiger partial charge in [-0.1, -0.05) is 35.9 Å². The fourth-order valence-corrected chi connectivity index (χ4v) is 3.64. The Balaban J connectivity index is 2.02. The van der Waals surface area contributed by atoms with E-state index in [0.717, 1.165) is 16.9 Å². The lowest BCUT2D eigenvalue weighted by Crippen LogP contribution is -2.47. The van der Waals surface area contributed by atoms with Gasteiger partial charge < -0.3 is 15.0 Å². The molecule has 2 amide bonds. The zero-order chi connectivity index (χ0) is 20.5. The minimum Gasteiger partial charge on any atom is -0.497 e. The van der Waals surface area contributed by atoms with Crippen LogP contribution in [0, 0.1) is 0 Å². The van der Waals surface area contributed by atoms with Gasteiger partial charge in [-0.3, -0.25) is 9.59 Å². The van der Waals surface area contributed by atoms with Crippen LogP contribution in [0.2, 0.25) is 5.02 Å². The van der Waals surface area contributed by atoms with Crippen molar-refractivity contribution < 1.29 is 14.3 Å². The fraction of sp³-hybridized carbons (Fsp3) is 0.333. The third kappa shape index (κ3) is 6.46. The average Bonchev–Trinajstić information content (AvgIpc) is 2.72. The molecule has 5 nitrogen and oxygen atoms in total.